The average Bonchev–Trinajstić information content (AvgIpc) is 1.52. The summed E-state index contributed by atoms with van der Waals surface area (Å²) in [5.74, 6) is -10.2. The molecule has 1 saturated heterocycles. The quantitative estimate of drug-likeness (QED) is 0.0419. The number of ketones is 4. The molecule has 546 valence electrons. The van der Waals surface area contributed by atoms with Crippen molar-refractivity contribution in [1.82, 2.24) is 5.32 Å². The fraction of sp³-hybridized carbons (Fsp3) is 0.662. The summed E-state index contributed by atoms with van der Waals surface area (Å²) in [4.78, 5) is 157. The summed E-state index contributed by atoms with van der Waals surface area (Å²) in [7, 11) is 1.54. The van der Waals surface area contributed by atoms with Gasteiger partial charge in [0.1, 0.15) is 65.1 Å². The highest BCUT2D eigenvalue weighted by atomic mass is 16.6. The van der Waals surface area contributed by atoms with Gasteiger partial charge in [-0.05, 0) is 158 Å². The molecular weight excluding hydrogens is 1290 g/mol. The van der Waals surface area contributed by atoms with E-state index in [1.807, 2.05) is 13.8 Å². The molecule has 2 unspecified atom stereocenters. The predicted molar refractivity (Wildman–Crippen MR) is 353 cm³/mol. The minimum Gasteiger partial charge on any atom is -0.465 e. The van der Waals surface area contributed by atoms with Crippen molar-refractivity contribution >= 4 is 65.0 Å². The van der Waals surface area contributed by atoms with Crippen LogP contribution in [0, 0.1) is 28.1 Å². The third-order valence-electron chi connectivity index (χ3n) is 20.4. The van der Waals surface area contributed by atoms with Gasteiger partial charge in [-0.1, -0.05) is 62.4 Å². The second kappa shape index (κ2) is 29.4. The molecule has 5 aliphatic rings. The minimum atomic E-state index is -2.45. The molecule has 3 saturated carbocycles. The van der Waals surface area contributed by atoms with Crippen molar-refractivity contribution in [2.24, 2.45) is 28.1 Å². The van der Waals surface area contributed by atoms with Crippen LogP contribution in [0.1, 0.15) is 192 Å². The summed E-state index contributed by atoms with van der Waals surface area (Å²) in [5, 5.41) is 16.8. The lowest BCUT2D eigenvalue weighted by molar-refractivity contribution is -0.323. The van der Waals surface area contributed by atoms with Crippen LogP contribution >= 0.6 is 0 Å². The number of amides is 1. The first-order valence-corrected chi connectivity index (χ1v) is 33.6. The number of hydrogen-bond acceptors (Lipinski definition) is 24. The average molecular weight is 1390 g/mol. The molecule has 4 fully saturated rings. The summed E-state index contributed by atoms with van der Waals surface area (Å²) in [6.45, 7) is 27.3. The molecule has 1 heterocycles. The number of alkyl carbamates (subject to hydrolysis) is 1. The van der Waals surface area contributed by atoms with Crippen LogP contribution in [0.5, 0.6) is 0 Å². The summed E-state index contributed by atoms with van der Waals surface area (Å²) in [6.07, 6.45) is -11.8. The van der Waals surface area contributed by atoms with Crippen LogP contribution in [0.2, 0.25) is 0 Å². The van der Waals surface area contributed by atoms with Gasteiger partial charge in [-0.3, -0.25) is 38.4 Å². The highest BCUT2D eigenvalue weighted by Crippen LogP contribution is 2.75. The van der Waals surface area contributed by atoms with E-state index >= 15 is 9.59 Å². The van der Waals surface area contributed by atoms with Crippen LogP contribution < -0.4 is 5.32 Å². The van der Waals surface area contributed by atoms with Crippen molar-refractivity contribution in [3.63, 3.8) is 0 Å². The molecular formula is C74H101NO24. The van der Waals surface area contributed by atoms with E-state index in [9.17, 15) is 48.3 Å². The number of Topliss-reactive ketones (excluding diaryl/α,β-unsaturated/α-hetero) is 4. The molecule has 99 heavy (non-hydrogen) atoms. The Morgan fingerprint density at radius 1 is 0.737 bits per heavy atom. The highest BCUT2D eigenvalue weighted by molar-refractivity contribution is 5.98. The number of benzene rings is 2. The van der Waals surface area contributed by atoms with Gasteiger partial charge in [0.15, 0.2) is 34.8 Å². The molecule has 0 radical (unpaired) electrons. The number of nitrogens with one attached hydrogen (secondary N) is 1. The Morgan fingerprint density at radius 3 is 1.90 bits per heavy atom. The van der Waals surface area contributed by atoms with Gasteiger partial charge in [0.05, 0.1) is 55.2 Å². The maximum Gasteiger partial charge on any atom is 0.408 e. The Bertz CT molecular complexity index is 3450. The van der Waals surface area contributed by atoms with E-state index in [1.165, 1.54) is 100 Å². The standard InChI is InChI=1S/C74H101NO24/c1-41-49(37-74(87)60(96-61(83)47-29-25-22-26-30-47)57-72(59(82)55(93-44(4)77)53(41)67(74,11)12)36-48(72)35-50-73(57,40-89-50)98-45(5)78)94-62(84)56(54(46-27-23-21-24-28-46)75-64(86)99-65(6,7)8)95-52(80)32-31-51(79)90-38-71(19,63(85)70(17,18)91-34-33-66(9,10)88-20)39-92-69(15,16)58(81)42(2)97-68(13,14)43(3)76/h21-30,42,48-50,54-57,60,87H,31-40H2,1-20H3,(H,75,86)/t42?,48-,49+,50-,54+,55-,56-,57+,60+,71?,72-,73+,74-/m1/s1. The maximum atomic E-state index is 16.0. The van der Waals surface area contributed by atoms with Crippen LogP contribution in [0.25, 0.3) is 0 Å². The first-order chi connectivity index (χ1) is 45.7. The number of rotatable bonds is 30. The molecule has 2 aromatic carbocycles. The van der Waals surface area contributed by atoms with Crippen molar-refractivity contribution in [2.45, 2.75) is 252 Å². The van der Waals surface area contributed by atoms with E-state index in [-0.39, 0.29) is 54.1 Å². The number of aliphatic hydroxyl groups is 1. The van der Waals surface area contributed by atoms with Crippen molar-refractivity contribution in [3.05, 3.63) is 82.9 Å². The topological polar surface area (TPSA) is 331 Å². The van der Waals surface area contributed by atoms with Gasteiger partial charge in [0, 0.05) is 38.2 Å². The Kier molecular flexibility index (Phi) is 23.4. The number of carbonyl (C=O) groups excluding carboxylic acids is 11. The first kappa shape index (κ1) is 79.0. The molecule has 7 rings (SSSR count). The van der Waals surface area contributed by atoms with Gasteiger partial charge >= 0.3 is 41.9 Å². The molecule has 0 aromatic heterocycles. The number of ether oxygens (including phenoxy) is 12. The predicted octanol–water partition coefficient (Wildman–Crippen LogP) is 8.67. The van der Waals surface area contributed by atoms with Gasteiger partial charge in [-0.25, -0.2) is 14.4 Å². The first-order valence-electron chi connectivity index (χ1n) is 33.6. The van der Waals surface area contributed by atoms with Gasteiger partial charge in [0.2, 0.25) is 6.10 Å². The van der Waals surface area contributed by atoms with Crippen LogP contribution in [0.4, 0.5) is 4.79 Å². The number of fused-ring (bicyclic) bond motifs is 4. The smallest absolute Gasteiger partial charge is 0.408 e. The van der Waals surface area contributed by atoms with Crippen molar-refractivity contribution in [2.75, 3.05) is 33.5 Å². The number of esters is 6. The molecule has 2 bridgehead atoms. The minimum absolute atomic E-state index is 0.00112. The summed E-state index contributed by atoms with van der Waals surface area (Å²) < 4.78 is 72.7. The van der Waals surface area contributed by atoms with Crippen molar-refractivity contribution in [3.8, 4) is 0 Å². The SMILES string of the molecule is COC(C)(C)CCOC(C)(C)C(=O)C(C)(COC(=O)CCC(=O)O[C@@H](C(=O)O[C@H]1C[C@@]2(O)[C@@H](OC(=O)c3ccccc3)[C@@H]3[C@]4(OC(C)=O)CO[C@@H]4C[C@@H]4C[C@@]43C(=O)[C@H](OC(C)=O)C(=C1C)C2(C)C)[C@@H](NC(=O)OC(C)(C)C)c1ccccc1)COC(C)(C)C(=O)C(C)OC(C)(C)C(C)=O. The number of methoxy groups -OCH3 is 1. The van der Waals surface area contributed by atoms with Crippen LogP contribution in [-0.4, -0.2) is 180 Å². The fourth-order valence-electron chi connectivity index (χ4n) is 14.3. The fourth-order valence-corrected chi connectivity index (χ4v) is 14.3. The lowest BCUT2D eigenvalue weighted by atomic mass is 9.48. The van der Waals surface area contributed by atoms with E-state index in [2.05, 4.69) is 5.32 Å². The molecule has 1 aliphatic heterocycles. The van der Waals surface area contributed by atoms with Gasteiger partial charge in [-0.15, -0.1) is 0 Å². The van der Waals surface area contributed by atoms with E-state index < -0.39 is 202 Å². The maximum absolute atomic E-state index is 16.0. The molecule has 1 amide bonds. The summed E-state index contributed by atoms with van der Waals surface area (Å²) >= 11 is 0. The lowest BCUT2D eigenvalue weighted by Crippen LogP contribution is -2.78. The molecule has 4 aliphatic carbocycles. The van der Waals surface area contributed by atoms with Crippen LogP contribution in [-0.2, 0) is 100.0 Å². The van der Waals surface area contributed by atoms with Crippen LogP contribution in [0.3, 0.4) is 0 Å². The van der Waals surface area contributed by atoms with Crippen LogP contribution in [0.15, 0.2) is 71.8 Å². The second-order valence-corrected chi connectivity index (χ2v) is 30.9. The Hall–Kier alpha value is -7.29. The van der Waals surface area contributed by atoms with E-state index in [4.69, 9.17) is 56.8 Å². The second-order valence-electron chi connectivity index (χ2n) is 30.9. The third-order valence-corrected chi connectivity index (χ3v) is 20.4. The monoisotopic (exact) mass is 1390 g/mol. The Labute approximate surface area is 579 Å². The van der Waals surface area contributed by atoms with Gasteiger partial charge in [0.25, 0.3) is 0 Å². The largest absolute Gasteiger partial charge is 0.465 e. The Morgan fingerprint density at radius 2 is 1.34 bits per heavy atom. The molecule has 25 heteroatoms. The summed E-state index contributed by atoms with van der Waals surface area (Å²) in [5.41, 5.74) is -15.1. The zero-order chi connectivity index (χ0) is 74.2. The molecule has 2 N–H and O–H groups in total. The van der Waals surface area contributed by atoms with E-state index in [1.54, 1.807) is 78.1 Å². The zero-order valence-corrected chi connectivity index (χ0v) is 60.9. The van der Waals surface area contributed by atoms with Gasteiger partial charge < -0.3 is 67.3 Å². The molecule has 25 nitrogen and oxygen atoms in total. The van der Waals surface area contributed by atoms with E-state index in [0.717, 1.165) is 6.92 Å². The van der Waals surface area contributed by atoms with E-state index in [0.29, 0.717) is 6.42 Å². The normalized spacial score (nSPS) is 26.4. The Balaban J connectivity index is 1.25. The third kappa shape index (κ3) is 16.9. The molecule has 2 aromatic rings. The zero-order valence-electron chi connectivity index (χ0n) is 60.9. The lowest BCUT2D eigenvalue weighted by Gasteiger charge is -2.64. The number of carbonyl (C=O) groups is 11. The molecule has 13 atom stereocenters. The molecule has 1 spiro atoms. The van der Waals surface area contributed by atoms with Crippen molar-refractivity contribution < 1.29 is 115 Å². The number of hydrogen-bond donors (Lipinski definition) is 2. The summed E-state index contributed by atoms with van der Waals surface area (Å²) in [6, 6.07) is 14.1. The van der Waals surface area contributed by atoms with Crippen molar-refractivity contribution in [1.29, 1.82) is 0 Å². The van der Waals surface area contributed by atoms with Gasteiger partial charge in [-0.2, -0.15) is 0 Å². The highest BCUT2D eigenvalue weighted by Gasteiger charge is 2.84.